The number of carbonyl (C=O) groups excluding carboxylic acids is 2. The minimum absolute atomic E-state index is 0.317. The molecule has 2 heterocycles. The number of amides is 2. The Morgan fingerprint density at radius 1 is 1.29 bits per heavy atom. The van der Waals surface area contributed by atoms with Crippen LogP contribution in [0.4, 0.5) is 5.69 Å². The highest BCUT2D eigenvalue weighted by Gasteiger charge is 2.50. The maximum absolute atomic E-state index is 12.8. The Morgan fingerprint density at radius 3 is 2.71 bits per heavy atom. The fourth-order valence-electron chi connectivity index (χ4n) is 3.36. The van der Waals surface area contributed by atoms with Crippen molar-refractivity contribution in [3.63, 3.8) is 0 Å². The number of hydrogen-bond donors (Lipinski definition) is 1. The Bertz CT molecular complexity index is 628. The maximum atomic E-state index is 12.8. The van der Waals surface area contributed by atoms with E-state index in [0.29, 0.717) is 24.5 Å². The lowest BCUT2D eigenvalue weighted by molar-refractivity contribution is -0.148. The number of likely N-dealkylation sites (tertiary alicyclic amines) is 1. The standard InChI is InChI=1S/C18H25N3O3/c1-3-21-14-8-4-5-9-15(14)24-18(2,17(21)23)16(22)19-10-13-20-11-6-7-12-20/h4-5,8-9H,3,6-7,10-13H2,1-2H3,(H,19,22). The van der Waals surface area contributed by atoms with E-state index < -0.39 is 5.60 Å². The first kappa shape index (κ1) is 16.8. The number of nitrogens with one attached hydrogen (secondary N) is 1. The Morgan fingerprint density at radius 2 is 2.00 bits per heavy atom. The van der Waals surface area contributed by atoms with Crippen LogP contribution in [0.3, 0.4) is 0 Å². The molecule has 24 heavy (non-hydrogen) atoms. The number of para-hydroxylation sites is 2. The van der Waals surface area contributed by atoms with Gasteiger partial charge in [-0.15, -0.1) is 0 Å². The summed E-state index contributed by atoms with van der Waals surface area (Å²) in [6, 6.07) is 7.33. The molecule has 1 atom stereocenters. The lowest BCUT2D eigenvalue weighted by atomic mass is 10.00. The smallest absolute Gasteiger partial charge is 0.280 e. The predicted octanol–water partition coefficient (Wildman–Crippen LogP) is 1.40. The molecular formula is C18H25N3O3. The molecule has 1 aromatic carbocycles. The molecule has 2 amide bonds. The van der Waals surface area contributed by atoms with Crippen molar-refractivity contribution in [1.82, 2.24) is 10.2 Å². The highest BCUT2D eigenvalue weighted by atomic mass is 16.5. The van der Waals surface area contributed by atoms with Crippen LogP contribution in [0, 0.1) is 0 Å². The summed E-state index contributed by atoms with van der Waals surface area (Å²) >= 11 is 0. The molecule has 0 radical (unpaired) electrons. The number of nitrogens with zero attached hydrogens (tertiary/aromatic N) is 2. The summed E-state index contributed by atoms with van der Waals surface area (Å²) in [5.74, 6) is -0.127. The van der Waals surface area contributed by atoms with Crippen LogP contribution in [-0.4, -0.2) is 55.0 Å². The molecule has 0 spiro atoms. The van der Waals surface area contributed by atoms with E-state index in [1.165, 1.54) is 12.8 Å². The Labute approximate surface area is 142 Å². The molecule has 2 aliphatic rings. The predicted molar refractivity (Wildman–Crippen MR) is 92.2 cm³/mol. The number of anilines is 1. The highest BCUT2D eigenvalue weighted by Crippen LogP contribution is 2.37. The second-order valence-corrected chi connectivity index (χ2v) is 6.46. The van der Waals surface area contributed by atoms with E-state index in [4.69, 9.17) is 4.74 Å². The molecule has 1 fully saturated rings. The number of fused-ring (bicyclic) bond motifs is 1. The van der Waals surface area contributed by atoms with Crippen LogP contribution in [0.25, 0.3) is 0 Å². The van der Waals surface area contributed by atoms with Crippen molar-refractivity contribution in [2.45, 2.75) is 32.3 Å². The van der Waals surface area contributed by atoms with E-state index >= 15 is 0 Å². The molecule has 6 heteroatoms. The van der Waals surface area contributed by atoms with Gasteiger partial charge in [0.15, 0.2) is 0 Å². The average Bonchev–Trinajstić information content (AvgIpc) is 3.09. The van der Waals surface area contributed by atoms with Crippen LogP contribution in [-0.2, 0) is 9.59 Å². The summed E-state index contributed by atoms with van der Waals surface area (Å²) in [5, 5.41) is 2.87. The van der Waals surface area contributed by atoms with Gasteiger partial charge in [-0.05, 0) is 51.9 Å². The van der Waals surface area contributed by atoms with E-state index in [1.54, 1.807) is 17.9 Å². The lowest BCUT2D eigenvalue weighted by Gasteiger charge is -2.39. The van der Waals surface area contributed by atoms with Gasteiger partial charge in [-0.25, -0.2) is 0 Å². The van der Waals surface area contributed by atoms with Gasteiger partial charge >= 0.3 is 0 Å². The van der Waals surface area contributed by atoms with Gasteiger partial charge in [-0.3, -0.25) is 9.59 Å². The summed E-state index contributed by atoms with van der Waals surface area (Å²) in [5.41, 5.74) is -0.803. The zero-order valence-electron chi connectivity index (χ0n) is 14.4. The number of likely N-dealkylation sites (N-methyl/N-ethyl adjacent to an activating group) is 1. The molecular weight excluding hydrogens is 306 g/mol. The normalized spacial score (nSPS) is 23.8. The van der Waals surface area contributed by atoms with Gasteiger partial charge in [0.1, 0.15) is 5.75 Å². The minimum Gasteiger partial charge on any atom is -0.466 e. The fraction of sp³-hybridized carbons (Fsp3) is 0.556. The zero-order valence-corrected chi connectivity index (χ0v) is 14.4. The Hall–Kier alpha value is -2.08. The minimum atomic E-state index is -1.52. The number of ether oxygens (including phenoxy) is 1. The molecule has 0 saturated carbocycles. The summed E-state index contributed by atoms with van der Waals surface area (Å²) in [7, 11) is 0. The third-order valence-corrected chi connectivity index (χ3v) is 4.79. The third kappa shape index (κ3) is 2.98. The van der Waals surface area contributed by atoms with Crippen LogP contribution < -0.4 is 15.0 Å². The van der Waals surface area contributed by atoms with Crippen molar-refractivity contribution in [2.75, 3.05) is 37.6 Å². The van der Waals surface area contributed by atoms with Crippen LogP contribution in [0.1, 0.15) is 26.7 Å². The van der Waals surface area contributed by atoms with Gasteiger partial charge in [0, 0.05) is 19.6 Å². The van der Waals surface area contributed by atoms with Gasteiger partial charge < -0.3 is 19.9 Å². The molecule has 3 rings (SSSR count). The van der Waals surface area contributed by atoms with E-state index in [0.717, 1.165) is 19.6 Å². The SMILES string of the molecule is CCN1C(=O)C(C)(C(=O)NCCN2CCCC2)Oc2ccccc21. The molecule has 2 aliphatic heterocycles. The van der Waals surface area contributed by atoms with Crippen LogP contribution >= 0.6 is 0 Å². The van der Waals surface area contributed by atoms with Crippen molar-refractivity contribution in [3.8, 4) is 5.75 Å². The summed E-state index contributed by atoms with van der Waals surface area (Å²) < 4.78 is 5.83. The molecule has 1 aromatic rings. The highest BCUT2D eigenvalue weighted by molar-refractivity contribution is 6.16. The number of carbonyl (C=O) groups is 2. The zero-order chi connectivity index (χ0) is 17.2. The van der Waals surface area contributed by atoms with Gasteiger partial charge in [0.2, 0.25) is 0 Å². The second kappa shape index (κ2) is 6.81. The molecule has 1 unspecified atom stereocenters. The van der Waals surface area contributed by atoms with E-state index in [2.05, 4.69) is 10.2 Å². The fourth-order valence-corrected chi connectivity index (χ4v) is 3.36. The summed E-state index contributed by atoms with van der Waals surface area (Å²) in [6.45, 7) is 7.45. The summed E-state index contributed by atoms with van der Waals surface area (Å²) in [4.78, 5) is 29.4. The molecule has 1 N–H and O–H groups in total. The van der Waals surface area contributed by atoms with E-state index in [-0.39, 0.29) is 11.8 Å². The second-order valence-electron chi connectivity index (χ2n) is 6.46. The Kier molecular flexibility index (Phi) is 4.76. The van der Waals surface area contributed by atoms with Crippen molar-refractivity contribution >= 4 is 17.5 Å². The van der Waals surface area contributed by atoms with Gasteiger partial charge in [-0.1, -0.05) is 12.1 Å². The molecule has 0 aromatic heterocycles. The average molecular weight is 331 g/mol. The van der Waals surface area contributed by atoms with Crippen molar-refractivity contribution < 1.29 is 14.3 Å². The Balaban J connectivity index is 1.71. The first-order valence-corrected chi connectivity index (χ1v) is 8.67. The van der Waals surface area contributed by atoms with Gasteiger partial charge in [0.05, 0.1) is 5.69 Å². The first-order chi connectivity index (χ1) is 11.6. The molecule has 130 valence electrons. The van der Waals surface area contributed by atoms with Crippen LogP contribution in [0.15, 0.2) is 24.3 Å². The number of benzene rings is 1. The van der Waals surface area contributed by atoms with Crippen LogP contribution in [0.5, 0.6) is 5.75 Å². The first-order valence-electron chi connectivity index (χ1n) is 8.67. The monoisotopic (exact) mass is 331 g/mol. The largest absolute Gasteiger partial charge is 0.466 e. The van der Waals surface area contributed by atoms with Gasteiger partial charge in [0.25, 0.3) is 17.4 Å². The third-order valence-electron chi connectivity index (χ3n) is 4.79. The topological polar surface area (TPSA) is 61.9 Å². The van der Waals surface area contributed by atoms with Crippen molar-refractivity contribution in [2.24, 2.45) is 0 Å². The van der Waals surface area contributed by atoms with Crippen molar-refractivity contribution in [3.05, 3.63) is 24.3 Å². The van der Waals surface area contributed by atoms with Gasteiger partial charge in [-0.2, -0.15) is 0 Å². The molecule has 0 bridgehead atoms. The molecule has 1 saturated heterocycles. The van der Waals surface area contributed by atoms with Crippen LogP contribution in [0.2, 0.25) is 0 Å². The quantitative estimate of drug-likeness (QED) is 0.829. The molecule has 0 aliphatic carbocycles. The maximum Gasteiger partial charge on any atom is 0.280 e. The number of rotatable bonds is 5. The number of hydrogen-bond acceptors (Lipinski definition) is 4. The summed E-state index contributed by atoms with van der Waals surface area (Å²) in [6.07, 6.45) is 2.44. The van der Waals surface area contributed by atoms with E-state index in [1.807, 2.05) is 25.1 Å². The van der Waals surface area contributed by atoms with E-state index in [9.17, 15) is 9.59 Å². The lowest BCUT2D eigenvalue weighted by Crippen LogP contribution is -2.62. The van der Waals surface area contributed by atoms with Crippen molar-refractivity contribution in [1.29, 1.82) is 0 Å². The molecule has 6 nitrogen and oxygen atoms in total.